The highest BCUT2D eigenvalue weighted by atomic mass is 16.5. The summed E-state index contributed by atoms with van der Waals surface area (Å²) in [5.74, 6) is 1.88. The molecule has 0 spiro atoms. The Morgan fingerprint density at radius 2 is 2.19 bits per heavy atom. The van der Waals surface area contributed by atoms with Crippen LogP contribution < -0.4 is 10.1 Å². The lowest BCUT2D eigenvalue weighted by atomic mass is 10.3. The SMILES string of the molecule is CNC(C)c1nc2cc(OC)ccc2n1C. The Balaban J connectivity index is 2.58. The number of nitrogens with one attached hydrogen (secondary N) is 1. The van der Waals surface area contributed by atoms with E-state index in [2.05, 4.69) is 21.8 Å². The van der Waals surface area contributed by atoms with Crippen LogP contribution in [-0.4, -0.2) is 23.7 Å². The van der Waals surface area contributed by atoms with Crippen molar-refractivity contribution in [3.05, 3.63) is 24.0 Å². The van der Waals surface area contributed by atoms with Crippen molar-refractivity contribution in [3.8, 4) is 5.75 Å². The van der Waals surface area contributed by atoms with Gasteiger partial charge in [-0.1, -0.05) is 0 Å². The smallest absolute Gasteiger partial charge is 0.126 e. The summed E-state index contributed by atoms with van der Waals surface area (Å²) >= 11 is 0. The van der Waals surface area contributed by atoms with Gasteiger partial charge < -0.3 is 14.6 Å². The molecule has 0 bridgehead atoms. The van der Waals surface area contributed by atoms with Gasteiger partial charge in [0.25, 0.3) is 0 Å². The van der Waals surface area contributed by atoms with Crippen molar-refractivity contribution in [1.82, 2.24) is 14.9 Å². The number of hydrogen-bond donors (Lipinski definition) is 1. The van der Waals surface area contributed by atoms with Gasteiger partial charge in [0.1, 0.15) is 11.6 Å². The first-order valence-corrected chi connectivity index (χ1v) is 5.35. The summed E-state index contributed by atoms with van der Waals surface area (Å²) < 4.78 is 7.30. The van der Waals surface area contributed by atoms with Crippen LogP contribution in [0.15, 0.2) is 18.2 Å². The quantitative estimate of drug-likeness (QED) is 0.856. The van der Waals surface area contributed by atoms with E-state index in [1.807, 2.05) is 32.3 Å². The maximum atomic E-state index is 5.19. The van der Waals surface area contributed by atoms with Crippen molar-refractivity contribution in [2.45, 2.75) is 13.0 Å². The van der Waals surface area contributed by atoms with Crippen molar-refractivity contribution in [3.63, 3.8) is 0 Å². The van der Waals surface area contributed by atoms with Gasteiger partial charge in [0.15, 0.2) is 0 Å². The van der Waals surface area contributed by atoms with Gasteiger partial charge in [-0.2, -0.15) is 0 Å². The highest BCUT2D eigenvalue weighted by molar-refractivity contribution is 5.77. The van der Waals surface area contributed by atoms with E-state index < -0.39 is 0 Å². The van der Waals surface area contributed by atoms with E-state index in [0.29, 0.717) is 0 Å². The molecular weight excluding hydrogens is 202 g/mol. The van der Waals surface area contributed by atoms with Gasteiger partial charge in [0.05, 0.1) is 24.2 Å². The van der Waals surface area contributed by atoms with E-state index in [0.717, 1.165) is 22.6 Å². The number of ether oxygens (including phenoxy) is 1. The van der Waals surface area contributed by atoms with Gasteiger partial charge in [-0.25, -0.2) is 4.98 Å². The van der Waals surface area contributed by atoms with Crippen LogP contribution in [0.2, 0.25) is 0 Å². The molecule has 0 fully saturated rings. The molecule has 16 heavy (non-hydrogen) atoms. The number of hydrogen-bond acceptors (Lipinski definition) is 3. The van der Waals surface area contributed by atoms with Gasteiger partial charge in [-0.15, -0.1) is 0 Å². The van der Waals surface area contributed by atoms with Gasteiger partial charge in [-0.3, -0.25) is 0 Å². The van der Waals surface area contributed by atoms with Gasteiger partial charge in [0, 0.05) is 13.1 Å². The Labute approximate surface area is 95.2 Å². The number of methoxy groups -OCH3 is 1. The molecule has 0 radical (unpaired) electrons. The third kappa shape index (κ3) is 1.65. The van der Waals surface area contributed by atoms with E-state index in [9.17, 15) is 0 Å². The fourth-order valence-corrected chi connectivity index (χ4v) is 1.84. The molecule has 0 saturated carbocycles. The molecular formula is C12H17N3O. The molecule has 0 saturated heterocycles. The molecule has 4 nitrogen and oxygen atoms in total. The second-order valence-electron chi connectivity index (χ2n) is 3.89. The highest BCUT2D eigenvalue weighted by Crippen LogP contribution is 2.23. The molecule has 0 aliphatic carbocycles. The maximum Gasteiger partial charge on any atom is 0.126 e. The Hall–Kier alpha value is -1.55. The summed E-state index contributed by atoms with van der Waals surface area (Å²) in [6, 6.07) is 6.19. The lowest BCUT2D eigenvalue weighted by molar-refractivity contribution is 0.415. The Morgan fingerprint density at radius 1 is 1.44 bits per heavy atom. The van der Waals surface area contributed by atoms with Crippen molar-refractivity contribution in [2.75, 3.05) is 14.2 Å². The fourth-order valence-electron chi connectivity index (χ4n) is 1.84. The zero-order valence-electron chi connectivity index (χ0n) is 10.1. The molecule has 2 rings (SSSR count). The van der Waals surface area contributed by atoms with Crippen LogP contribution in [0.1, 0.15) is 18.8 Å². The van der Waals surface area contributed by atoms with Crippen LogP contribution in [0.3, 0.4) is 0 Å². The van der Waals surface area contributed by atoms with E-state index in [-0.39, 0.29) is 6.04 Å². The first-order chi connectivity index (χ1) is 7.67. The molecule has 2 aromatic rings. The number of aryl methyl sites for hydroxylation is 1. The summed E-state index contributed by atoms with van der Waals surface area (Å²) in [6.45, 7) is 2.10. The molecule has 1 N–H and O–H groups in total. The minimum Gasteiger partial charge on any atom is -0.497 e. The van der Waals surface area contributed by atoms with Crippen molar-refractivity contribution in [1.29, 1.82) is 0 Å². The number of aromatic nitrogens is 2. The topological polar surface area (TPSA) is 39.1 Å². The molecule has 1 atom stereocenters. The third-order valence-electron chi connectivity index (χ3n) is 2.94. The second kappa shape index (κ2) is 4.14. The van der Waals surface area contributed by atoms with Gasteiger partial charge >= 0.3 is 0 Å². The molecule has 0 aliphatic heterocycles. The molecule has 1 unspecified atom stereocenters. The van der Waals surface area contributed by atoms with E-state index >= 15 is 0 Å². The van der Waals surface area contributed by atoms with Crippen LogP contribution in [0.4, 0.5) is 0 Å². The molecule has 1 aromatic carbocycles. The number of benzene rings is 1. The monoisotopic (exact) mass is 219 g/mol. The second-order valence-corrected chi connectivity index (χ2v) is 3.89. The largest absolute Gasteiger partial charge is 0.497 e. The zero-order chi connectivity index (χ0) is 11.7. The fraction of sp³-hybridized carbons (Fsp3) is 0.417. The third-order valence-corrected chi connectivity index (χ3v) is 2.94. The molecule has 0 aliphatic rings. The minimum atomic E-state index is 0.239. The molecule has 4 heteroatoms. The van der Waals surface area contributed by atoms with E-state index in [4.69, 9.17) is 4.74 Å². The number of rotatable bonds is 3. The maximum absolute atomic E-state index is 5.19. The lowest BCUT2D eigenvalue weighted by Gasteiger charge is -2.09. The first kappa shape index (κ1) is 11.0. The summed E-state index contributed by atoms with van der Waals surface area (Å²) in [5.41, 5.74) is 2.09. The van der Waals surface area contributed by atoms with Crippen molar-refractivity contribution in [2.24, 2.45) is 7.05 Å². The minimum absolute atomic E-state index is 0.239. The number of imidazole rings is 1. The van der Waals surface area contributed by atoms with Crippen LogP contribution in [0.5, 0.6) is 5.75 Å². The Kier molecular flexibility index (Phi) is 2.83. The molecule has 86 valence electrons. The highest BCUT2D eigenvalue weighted by Gasteiger charge is 2.12. The van der Waals surface area contributed by atoms with Crippen LogP contribution >= 0.6 is 0 Å². The normalized spacial score (nSPS) is 13.0. The van der Waals surface area contributed by atoms with Crippen molar-refractivity contribution < 1.29 is 4.74 Å². The summed E-state index contributed by atoms with van der Waals surface area (Å²) in [4.78, 5) is 4.61. The lowest BCUT2D eigenvalue weighted by Crippen LogP contribution is -2.16. The summed E-state index contributed by atoms with van der Waals surface area (Å²) in [6.07, 6.45) is 0. The number of fused-ring (bicyclic) bond motifs is 1. The zero-order valence-corrected chi connectivity index (χ0v) is 10.1. The predicted molar refractivity (Wildman–Crippen MR) is 64.7 cm³/mol. The first-order valence-electron chi connectivity index (χ1n) is 5.35. The summed E-state index contributed by atoms with van der Waals surface area (Å²) in [7, 11) is 5.64. The molecule has 0 amide bonds. The van der Waals surface area contributed by atoms with Crippen molar-refractivity contribution >= 4 is 11.0 Å². The average Bonchev–Trinajstić information content (AvgIpc) is 2.65. The van der Waals surface area contributed by atoms with E-state index in [1.165, 1.54) is 0 Å². The van der Waals surface area contributed by atoms with Gasteiger partial charge in [0.2, 0.25) is 0 Å². The van der Waals surface area contributed by atoms with Crippen LogP contribution in [0, 0.1) is 0 Å². The standard InChI is InChI=1S/C12H17N3O/c1-8(13-2)12-14-10-7-9(16-4)5-6-11(10)15(12)3/h5-8,13H,1-4H3. The predicted octanol–water partition coefficient (Wildman–Crippen LogP) is 1.86. The van der Waals surface area contributed by atoms with E-state index in [1.54, 1.807) is 7.11 Å². The molecule has 1 aromatic heterocycles. The van der Waals surface area contributed by atoms with Crippen LogP contribution in [-0.2, 0) is 7.05 Å². The Morgan fingerprint density at radius 3 is 2.81 bits per heavy atom. The van der Waals surface area contributed by atoms with Crippen LogP contribution in [0.25, 0.3) is 11.0 Å². The average molecular weight is 219 g/mol. The Bertz CT molecular complexity index is 504. The summed E-state index contributed by atoms with van der Waals surface area (Å²) in [5, 5.41) is 3.20. The number of nitrogens with zero attached hydrogens (tertiary/aromatic N) is 2. The van der Waals surface area contributed by atoms with Gasteiger partial charge in [-0.05, 0) is 26.1 Å². The molecule has 1 heterocycles.